The number of hydrogen-bond acceptors (Lipinski definition) is 6. The molecular formula is C15H14BrNO5S. The number of carbonyl (C=O) groups is 3. The summed E-state index contributed by atoms with van der Waals surface area (Å²) >= 11 is 4.13. The Hall–Kier alpha value is -1.80. The van der Waals surface area contributed by atoms with Crippen molar-refractivity contribution in [1.82, 2.24) is 4.90 Å². The van der Waals surface area contributed by atoms with E-state index in [1.165, 1.54) is 21.1 Å². The van der Waals surface area contributed by atoms with E-state index in [0.717, 1.165) is 21.1 Å². The number of methoxy groups -OCH3 is 2. The summed E-state index contributed by atoms with van der Waals surface area (Å²) in [5, 5.41) is -0.506. The number of nitrogens with zero attached hydrogens (tertiary/aromatic N) is 1. The molecule has 8 heteroatoms. The number of amides is 2. The molecule has 23 heavy (non-hydrogen) atoms. The number of esters is 1. The van der Waals surface area contributed by atoms with E-state index in [0.29, 0.717) is 11.3 Å². The standard InChI is InChI=1S/C15H14BrNO5S/c1-8(14(19)22-3)17-13(18)12(23-15(17)20)7-9-6-10(16)4-5-11(9)21-2/h4-8H,1-3H3/b12-7+/t8-/m1/s1. The van der Waals surface area contributed by atoms with E-state index in [1.807, 2.05) is 0 Å². The Morgan fingerprint density at radius 2 is 2.04 bits per heavy atom. The Kier molecular flexibility index (Phi) is 5.48. The van der Waals surface area contributed by atoms with Crippen molar-refractivity contribution in [2.75, 3.05) is 14.2 Å². The minimum atomic E-state index is -0.970. The molecule has 0 bridgehead atoms. The van der Waals surface area contributed by atoms with Crippen molar-refractivity contribution in [3.05, 3.63) is 33.1 Å². The Balaban J connectivity index is 2.36. The molecule has 0 aliphatic carbocycles. The molecule has 6 nitrogen and oxygen atoms in total. The average Bonchev–Trinajstić information content (AvgIpc) is 2.80. The lowest BCUT2D eigenvalue weighted by molar-refractivity contribution is -0.148. The first-order valence-corrected chi connectivity index (χ1v) is 8.18. The predicted octanol–water partition coefficient (Wildman–Crippen LogP) is 3.06. The summed E-state index contributed by atoms with van der Waals surface area (Å²) in [4.78, 5) is 37.2. The van der Waals surface area contributed by atoms with Crippen LogP contribution >= 0.6 is 27.7 Å². The number of rotatable bonds is 4. The lowest BCUT2D eigenvalue weighted by atomic mass is 10.2. The van der Waals surface area contributed by atoms with Crippen LogP contribution in [-0.4, -0.2) is 42.3 Å². The van der Waals surface area contributed by atoms with Crippen LogP contribution in [0.3, 0.4) is 0 Å². The van der Waals surface area contributed by atoms with Crippen LogP contribution < -0.4 is 4.74 Å². The highest BCUT2D eigenvalue weighted by atomic mass is 79.9. The van der Waals surface area contributed by atoms with Crippen LogP contribution in [0.5, 0.6) is 5.75 Å². The average molecular weight is 400 g/mol. The van der Waals surface area contributed by atoms with E-state index in [1.54, 1.807) is 24.3 Å². The molecule has 0 unspecified atom stereocenters. The molecule has 2 rings (SSSR count). The van der Waals surface area contributed by atoms with E-state index in [9.17, 15) is 14.4 Å². The Morgan fingerprint density at radius 1 is 1.35 bits per heavy atom. The van der Waals surface area contributed by atoms with Gasteiger partial charge in [-0.2, -0.15) is 0 Å². The van der Waals surface area contributed by atoms with Gasteiger partial charge in [0.2, 0.25) is 0 Å². The molecule has 1 aliphatic heterocycles. The highest BCUT2D eigenvalue weighted by Gasteiger charge is 2.41. The van der Waals surface area contributed by atoms with E-state index in [-0.39, 0.29) is 4.91 Å². The Morgan fingerprint density at radius 3 is 2.65 bits per heavy atom. The first kappa shape index (κ1) is 17.6. The zero-order chi connectivity index (χ0) is 17.1. The molecule has 1 atom stereocenters. The monoisotopic (exact) mass is 399 g/mol. The van der Waals surface area contributed by atoms with Crippen LogP contribution in [-0.2, 0) is 14.3 Å². The minimum Gasteiger partial charge on any atom is -0.496 e. The third-order valence-corrected chi connectivity index (χ3v) is 4.61. The fourth-order valence-electron chi connectivity index (χ4n) is 2.05. The molecule has 122 valence electrons. The molecule has 1 aromatic rings. The number of ether oxygens (including phenoxy) is 2. The predicted molar refractivity (Wildman–Crippen MR) is 90.0 cm³/mol. The van der Waals surface area contributed by atoms with Crippen molar-refractivity contribution >= 4 is 50.9 Å². The molecule has 0 N–H and O–H groups in total. The van der Waals surface area contributed by atoms with Crippen molar-refractivity contribution in [2.45, 2.75) is 13.0 Å². The number of hydrogen-bond donors (Lipinski definition) is 0. The van der Waals surface area contributed by atoms with E-state index >= 15 is 0 Å². The molecule has 1 saturated heterocycles. The van der Waals surface area contributed by atoms with Gasteiger partial charge in [0.15, 0.2) is 0 Å². The minimum absolute atomic E-state index is 0.224. The van der Waals surface area contributed by atoms with Gasteiger partial charge in [-0.3, -0.25) is 14.5 Å². The molecule has 1 aliphatic rings. The van der Waals surface area contributed by atoms with Crippen LogP contribution in [0.15, 0.2) is 27.6 Å². The second kappa shape index (κ2) is 7.18. The molecule has 1 fully saturated rings. The maximum absolute atomic E-state index is 12.4. The molecule has 2 amide bonds. The lowest BCUT2D eigenvalue weighted by Crippen LogP contribution is -2.42. The van der Waals surface area contributed by atoms with E-state index in [4.69, 9.17) is 4.74 Å². The van der Waals surface area contributed by atoms with Crippen LogP contribution in [0, 0.1) is 0 Å². The van der Waals surface area contributed by atoms with Crippen LogP contribution in [0.4, 0.5) is 4.79 Å². The molecule has 0 saturated carbocycles. The van der Waals surface area contributed by atoms with Crippen molar-refractivity contribution in [1.29, 1.82) is 0 Å². The SMILES string of the molecule is COC(=O)[C@@H](C)N1C(=O)S/C(=C/c2cc(Br)ccc2OC)C1=O. The summed E-state index contributed by atoms with van der Waals surface area (Å²) in [5.74, 6) is -0.602. The van der Waals surface area contributed by atoms with Gasteiger partial charge in [-0.25, -0.2) is 4.79 Å². The first-order valence-electron chi connectivity index (χ1n) is 6.57. The zero-order valence-corrected chi connectivity index (χ0v) is 15.1. The van der Waals surface area contributed by atoms with Crippen LogP contribution in [0.2, 0.25) is 0 Å². The number of thioether (sulfide) groups is 1. The largest absolute Gasteiger partial charge is 0.496 e. The quantitative estimate of drug-likeness (QED) is 0.572. The fourth-order valence-corrected chi connectivity index (χ4v) is 3.33. The van der Waals surface area contributed by atoms with Gasteiger partial charge in [0.25, 0.3) is 11.1 Å². The third-order valence-electron chi connectivity index (χ3n) is 3.23. The maximum Gasteiger partial charge on any atom is 0.328 e. The first-order chi connectivity index (χ1) is 10.9. The summed E-state index contributed by atoms with van der Waals surface area (Å²) in [5.41, 5.74) is 0.651. The lowest BCUT2D eigenvalue weighted by Gasteiger charge is -2.18. The summed E-state index contributed by atoms with van der Waals surface area (Å²) in [7, 11) is 2.73. The zero-order valence-electron chi connectivity index (χ0n) is 12.7. The van der Waals surface area contributed by atoms with E-state index < -0.39 is 23.2 Å². The van der Waals surface area contributed by atoms with Crippen molar-refractivity contribution in [3.63, 3.8) is 0 Å². The highest BCUT2D eigenvalue weighted by molar-refractivity contribution is 9.10. The molecule has 0 aromatic heterocycles. The second-order valence-electron chi connectivity index (χ2n) is 4.64. The number of halogens is 1. The topological polar surface area (TPSA) is 72.9 Å². The van der Waals surface area contributed by atoms with Gasteiger partial charge < -0.3 is 9.47 Å². The van der Waals surface area contributed by atoms with Gasteiger partial charge in [-0.15, -0.1) is 0 Å². The normalized spacial score (nSPS) is 17.6. The summed E-state index contributed by atoms with van der Waals surface area (Å²) in [6, 6.07) is 4.36. The Labute approximate surface area is 145 Å². The summed E-state index contributed by atoms with van der Waals surface area (Å²) in [6.07, 6.45) is 1.57. The molecule has 1 heterocycles. The van der Waals surface area contributed by atoms with Gasteiger partial charge in [0.05, 0.1) is 19.1 Å². The number of carbonyl (C=O) groups excluding carboxylic acids is 3. The van der Waals surface area contributed by atoms with E-state index in [2.05, 4.69) is 20.7 Å². The van der Waals surface area contributed by atoms with Gasteiger partial charge in [0, 0.05) is 10.0 Å². The van der Waals surface area contributed by atoms with Gasteiger partial charge in [0.1, 0.15) is 11.8 Å². The molecule has 1 aromatic carbocycles. The highest BCUT2D eigenvalue weighted by Crippen LogP contribution is 2.35. The smallest absolute Gasteiger partial charge is 0.328 e. The van der Waals surface area contributed by atoms with Crippen molar-refractivity contribution < 1.29 is 23.9 Å². The third kappa shape index (κ3) is 3.59. The number of imide groups is 1. The fraction of sp³-hybridized carbons (Fsp3) is 0.267. The second-order valence-corrected chi connectivity index (χ2v) is 6.55. The maximum atomic E-state index is 12.4. The van der Waals surface area contributed by atoms with Crippen LogP contribution in [0.1, 0.15) is 12.5 Å². The van der Waals surface area contributed by atoms with Gasteiger partial charge in [-0.1, -0.05) is 15.9 Å². The summed E-state index contributed by atoms with van der Waals surface area (Å²) < 4.78 is 10.6. The van der Waals surface area contributed by atoms with Crippen LogP contribution in [0.25, 0.3) is 6.08 Å². The molecule has 0 spiro atoms. The summed E-state index contributed by atoms with van der Waals surface area (Å²) in [6.45, 7) is 1.45. The van der Waals surface area contributed by atoms with Gasteiger partial charge >= 0.3 is 5.97 Å². The molecule has 0 radical (unpaired) electrons. The van der Waals surface area contributed by atoms with Crippen molar-refractivity contribution in [2.24, 2.45) is 0 Å². The Bertz CT molecular complexity index is 703. The molecular weight excluding hydrogens is 386 g/mol. The van der Waals surface area contributed by atoms with Crippen molar-refractivity contribution in [3.8, 4) is 5.75 Å². The van der Waals surface area contributed by atoms with Gasteiger partial charge in [-0.05, 0) is 43.0 Å². The number of benzene rings is 1.